The topological polar surface area (TPSA) is 96.0 Å². The van der Waals surface area contributed by atoms with Crippen molar-refractivity contribution in [1.29, 1.82) is 0 Å². The van der Waals surface area contributed by atoms with Crippen LogP contribution in [-0.4, -0.2) is 49.9 Å². The van der Waals surface area contributed by atoms with E-state index in [9.17, 15) is 18.0 Å². The highest BCUT2D eigenvalue weighted by molar-refractivity contribution is 7.92. The summed E-state index contributed by atoms with van der Waals surface area (Å²) in [7, 11) is -4.19. The van der Waals surface area contributed by atoms with E-state index in [1.165, 1.54) is 17.0 Å². The van der Waals surface area contributed by atoms with Crippen LogP contribution in [0.15, 0.2) is 108 Å². The predicted molar refractivity (Wildman–Crippen MR) is 187 cm³/mol. The minimum atomic E-state index is -4.19. The summed E-state index contributed by atoms with van der Waals surface area (Å²) in [5.74, 6) is -0.256. The lowest BCUT2D eigenvalue weighted by Gasteiger charge is -2.35. The Hall–Kier alpha value is -4.63. The number of aryl methyl sites for hydroxylation is 2. The van der Waals surface area contributed by atoms with Crippen LogP contribution in [0.4, 0.5) is 5.69 Å². The Kier molecular flexibility index (Phi) is 11.5. The van der Waals surface area contributed by atoms with Gasteiger partial charge in [-0.25, -0.2) is 8.42 Å². The zero-order valence-corrected chi connectivity index (χ0v) is 28.9. The molecule has 0 aliphatic heterocycles. The van der Waals surface area contributed by atoms with Gasteiger partial charge in [-0.15, -0.1) is 0 Å². The Labute approximate surface area is 279 Å². The lowest BCUT2D eigenvalue weighted by molar-refractivity contribution is -0.140. The zero-order chi connectivity index (χ0) is 34.2. The summed E-state index contributed by atoms with van der Waals surface area (Å²) in [5, 5.41) is 3.06. The number of carbonyl (C=O) groups is 2. The summed E-state index contributed by atoms with van der Waals surface area (Å²) in [6.45, 7) is 11.4. The smallest absolute Gasteiger partial charge is 0.264 e. The van der Waals surface area contributed by atoms with Crippen LogP contribution in [0.2, 0.25) is 0 Å². The monoisotopic (exact) mass is 655 g/mol. The number of benzene rings is 4. The Morgan fingerprint density at radius 3 is 1.91 bits per heavy atom. The summed E-state index contributed by atoms with van der Waals surface area (Å²) in [6, 6.07) is 29.5. The molecule has 4 aromatic carbocycles. The second-order valence-electron chi connectivity index (χ2n) is 12.7. The Balaban J connectivity index is 1.81. The molecule has 0 aromatic heterocycles. The largest absolute Gasteiger partial charge is 0.494 e. The van der Waals surface area contributed by atoms with Crippen molar-refractivity contribution in [1.82, 2.24) is 10.2 Å². The van der Waals surface area contributed by atoms with Crippen LogP contribution in [0, 0.1) is 13.8 Å². The number of amides is 2. The first-order chi connectivity index (χ1) is 22.3. The number of sulfonamides is 1. The molecule has 0 aliphatic rings. The van der Waals surface area contributed by atoms with E-state index in [1.54, 1.807) is 36.4 Å². The molecule has 47 heavy (non-hydrogen) atoms. The van der Waals surface area contributed by atoms with Crippen molar-refractivity contribution in [2.45, 2.75) is 71.0 Å². The fraction of sp³-hybridized carbons (Fsp3) is 0.316. The van der Waals surface area contributed by atoms with Crippen LogP contribution in [0.1, 0.15) is 49.9 Å². The van der Waals surface area contributed by atoms with Crippen molar-refractivity contribution in [2.24, 2.45) is 0 Å². The molecule has 2 amide bonds. The van der Waals surface area contributed by atoms with Crippen LogP contribution in [0.3, 0.4) is 0 Å². The molecule has 1 unspecified atom stereocenters. The molecule has 0 heterocycles. The first-order valence-electron chi connectivity index (χ1n) is 15.8. The quantitative estimate of drug-likeness (QED) is 0.179. The lowest BCUT2D eigenvalue weighted by Crippen LogP contribution is -2.56. The van der Waals surface area contributed by atoms with Gasteiger partial charge in [0.15, 0.2) is 0 Å². The van der Waals surface area contributed by atoms with Crippen LogP contribution in [0.5, 0.6) is 5.75 Å². The number of hydrogen-bond donors (Lipinski definition) is 1. The summed E-state index contributed by atoms with van der Waals surface area (Å²) < 4.78 is 35.2. The molecule has 0 spiro atoms. The summed E-state index contributed by atoms with van der Waals surface area (Å²) in [4.78, 5) is 30.2. The average Bonchev–Trinajstić information content (AvgIpc) is 3.03. The Morgan fingerprint density at radius 2 is 1.36 bits per heavy atom. The first-order valence-corrected chi connectivity index (χ1v) is 17.2. The molecule has 1 atom stereocenters. The van der Waals surface area contributed by atoms with E-state index in [4.69, 9.17) is 4.74 Å². The highest BCUT2D eigenvalue weighted by Gasteiger charge is 2.35. The van der Waals surface area contributed by atoms with Crippen LogP contribution >= 0.6 is 0 Å². The maximum Gasteiger partial charge on any atom is 0.264 e. The molecule has 1 N–H and O–H groups in total. The van der Waals surface area contributed by atoms with Crippen molar-refractivity contribution in [3.8, 4) is 5.75 Å². The minimum absolute atomic E-state index is 0.0566. The van der Waals surface area contributed by atoms with Crippen LogP contribution < -0.4 is 14.4 Å². The third kappa shape index (κ3) is 9.68. The van der Waals surface area contributed by atoms with Gasteiger partial charge in [0.25, 0.3) is 10.0 Å². The van der Waals surface area contributed by atoms with E-state index in [0.717, 1.165) is 26.6 Å². The molecule has 9 heteroatoms. The van der Waals surface area contributed by atoms with E-state index in [0.29, 0.717) is 18.0 Å². The van der Waals surface area contributed by atoms with E-state index in [2.05, 4.69) is 5.32 Å². The fourth-order valence-electron chi connectivity index (χ4n) is 5.14. The SMILES string of the molecule is CCOc1ccc(N(CC(=O)N(Cc2ccc(C)cc2)C(Cc2ccccc2)C(=O)NC(C)(C)C)S(=O)(=O)c2ccc(C)cc2)cc1. The Morgan fingerprint density at radius 1 is 0.787 bits per heavy atom. The number of carbonyl (C=O) groups excluding carboxylic acids is 2. The highest BCUT2D eigenvalue weighted by atomic mass is 32.2. The highest BCUT2D eigenvalue weighted by Crippen LogP contribution is 2.27. The van der Waals surface area contributed by atoms with Crippen molar-refractivity contribution in [3.63, 3.8) is 0 Å². The van der Waals surface area contributed by atoms with Crippen molar-refractivity contribution < 1.29 is 22.7 Å². The number of rotatable bonds is 13. The summed E-state index contributed by atoms with van der Waals surface area (Å²) in [5.41, 5.74) is 3.40. The second-order valence-corrected chi connectivity index (χ2v) is 14.6. The van der Waals surface area contributed by atoms with E-state index < -0.39 is 34.1 Å². The molecule has 0 radical (unpaired) electrons. The van der Waals surface area contributed by atoms with E-state index in [1.807, 2.05) is 96.1 Å². The third-order valence-corrected chi connectivity index (χ3v) is 9.35. The molecular formula is C38H45N3O5S. The molecule has 0 fully saturated rings. The number of nitrogens with zero attached hydrogens (tertiary/aromatic N) is 2. The minimum Gasteiger partial charge on any atom is -0.494 e. The van der Waals surface area contributed by atoms with Gasteiger partial charge in [0.1, 0.15) is 18.3 Å². The van der Waals surface area contributed by atoms with Gasteiger partial charge in [-0.2, -0.15) is 0 Å². The second kappa shape index (κ2) is 15.3. The zero-order valence-electron chi connectivity index (χ0n) is 28.1. The molecular weight excluding hydrogens is 611 g/mol. The van der Waals surface area contributed by atoms with Crippen LogP contribution in [0.25, 0.3) is 0 Å². The fourth-order valence-corrected chi connectivity index (χ4v) is 6.55. The van der Waals surface area contributed by atoms with Gasteiger partial charge >= 0.3 is 0 Å². The molecule has 0 saturated heterocycles. The molecule has 8 nitrogen and oxygen atoms in total. The average molecular weight is 656 g/mol. The molecule has 4 rings (SSSR count). The van der Waals surface area contributed by atoms with Gasteiger partial charge in [-0.1, -0.05) is 77.9 Å². The van der Waals surface area contributed by atoms with Gasteiger partial charge in [0, 0.05) is 18.5 Å². The van der Waals surface area contributed by atoms with E-state index in [-0.39, 0.29) is 23.8 Å². The Bertz CT molecular complexity index is 1730. The molecule has 248 valence electrons. The first kappa shape index (κ1) is 35.2. The van der Waals surface area contributed by atoms with Gasteiger partial charge in [0.2, 0.25) is 11.8 Å². The predicted octanol–water partition coefficient (Wildman–Crippen LogP) is 6.45. The van der Waals surface area contributed by atoms with Gasteiger partial charge in [-0.05, 0) is 89.1 Å². The number of ether oxygens (including phenoxy) is 1. The molecule has 0 saturated carbocycles. The summed E-state index contributed by atoms with van der Waals surface area (Å²) in [6.07, 6.45) is 0.244. The molecule has 4 aromatic rings. The van der Waals surface area contributed by atoms with Crippen molar-refractivity contribution >= 4 is 27.5 Å². The van der Waals surface area contributed by atoms with Gasteiger partial charge in [-0.3, -0.25) is 13.9 Å². The van der Waals surface area contributed by atoms with Crippen LogP contribution in [-0.2, 0) is 32.6 Å². The lowest BCUT2D eigenvalue weighted by atomic mass is 10.0. The standard InChI is InChI=1S/C38H45N3O5S/c1-7-46-33-21-19-32(20-22-33)41(47(44,45)34-23-15-29(3)16-24-34)27-36(42)40(26-31-17-13-28(2)14-18-31)35(37(43)39-38(4,5)6)25-30-11-9-8-10-12-30/h8-24,35H,7,25-27H2,1-6H3,(H,39,43). The number of nitrogens with one attached hydrogen (secondary N) is 1. The number of hydrogen-bond acceptors (Lipinski definition) is 5. The maximum absolute atomic E-state index is 14.6. The van der Waals surface area contributed by atoms with Gasteiger partial charge in [0.05, 0.1) is 17.2 Å². The molecule has 0 bridgehead atoms. The number of anilines is 1. The third-order valence-electron chi connectivity index (χ3n) is 7.57. The summed E-state index contributed by atoms with van der Waals surface area (Å²) >= 11 is 0. The van der Waals surface area contributed by atoms with Crippen molar-refractivity contribution in [2.75, 3.05) is 17.5 Å². The van der Waals surface area contributed by atoms with E-state index >= 15 is 0 Å². The van der Waals surface area contributed by atoms with Crippen molar-refractivity contribution in [3.05, 3.63) is 125 Å². The molecule has 0 aliphatic carbocycles. The maximum atomic E-state index is 14.6. The van der Waals surface area contributed by atoms with Gasteiger partial charge < -0.3 is 15.0 Å². The normalized spacial score (nSPS) is 12.2.